The molecule has 2 N–H and O–H groups in total. The molecule has 3 aromatic carbocycles. The molecule has 1 aromatic heterocycles. The van der Waals surface area contributed by atoms with Crippen molar-refractivity contribution in [3.05, 3.63) is 101 Å². The molecule has 0 aliphatic rings. The van der Waals surface area contributed by atoms with Gasteiger partial charge in [-0.25, -0.2) is 9.82 Å². The lowest BCUT2D eigenvalue weighted by Gasteiger charge is -2.10. The molecular weight excluding hydrogens is 403 g/mol. The number of hydrogen-bond acceptors (Lipinski definition) is 4. The molecule has 148 valence electrons. The van der Waals surface area contributed by atoms with Crippen LogP contribution in [0.1, 0.15) is 15.9 Å². The van der Waals surface area contributed by atoms with Gasteiger partial charge in [0.25, 0.3) is 5.91 Å². The van der Waals surface area contributed by atoms with E-state index in [9.17, 15) is 9.18 Å². The molecule has 0 bridgehead atoms. The number of hydrazone groups is 1. The van der Waals surface area contributed by atoms with Crippen LogP contribution in [0.5, 0.6) is 0 Å². The SMILES string of the molecule is O=C(N/N=C/c1ccc(F)cc1)c1ccc(Nc2ccnc3cc(Cl)ccc23)cc1. The minimum absolute atomic E-state index is 0.326. The van der Waals surface area contributed by atoms with Gasteiger partial charge in [0.05, 0.1) is 11.7 Å². The van der Waals surface area contributed by atoms with Gasteiger partial charge < -0.3 is 5.32 Å². The Balaban J connectivity index is 1.43. The van der Waals surface area contributed by atoms with Crippen molar-refractivity contribution >= 4 is 46.0 Å². The molecule has 0 aliphatic heterocycles. The Morgan fingerprint density at radius 2 is 1.77 bits per heavy atom. The van der Waals surface area contributed by atoms with E-state index in [1.54, 1.807) is 42.6 Å². The van der Waals surface area contributed by atoms with Crippen molar-refractivity contribution in [2.45, 2.75) is 0 Å². The summed E-state index contributed by atoms with van der Waals surface area (Å²) in [6, 6.07) is 20.2. The topological polar surface area (TPSA) is 66.4 Å². The first-order valence-corrected chi connectivity index (χ1v) is 9.47. The van der Waals surface area contributed by atoms with Crippen LogP contribution in [0, 0.1) is 5.82 Å². The van der Waals surface area contributed by atoms with Gasteiger partial charge in [-0.1, -0.05) is 23.7 Å². The summed E-state index contributed by atoms with van der Waals surface area (Å²) in [5.74, 6) is -0.669. The van der Waals surface area contributed by atoms with Crippen molar-refractivity contribution in [1.82, 2.24) is 10.4 Å². The summed E-state index contributed by atoms with van der Waals surface area (Å²) in [5.41, 5.74) is 6.10. The second kappa shape index (κ2) is 8.71. The first-order chi connectivity index (χ1) is 14.6. The number of nitrogens with one attached hydrogen (secondary N) is 2. The van der Waals surface area contributed by atoms with E-state index in [1.165, 1.54) is 18.3 Å². The molecule has 0 atom stereocenters. The lowest BCUT2D eigenvalue weighted by Crippen LogP contribution is -2.17. The number of halogens is 2. The van der Waals surface area contributed by atoms with E-state index < -0.39 is 0 Å². The Kier molecular flexibility index (Phi) is 5.68. The third-order valence-corrected chi connectivity index (χ3v) is 4.62. The molecule has 0 radical (unpaired) electrons. The first-order valence-electron chi connectivity index (χ1n) is 9.09. The Morgan fingerprint density at radius 3 is 2.53 bits per heavy atom. The zero-order valence-corrected chi connectivity index (χ0v) is 16.4. The predicted molar refractivity (Wildman–Crippen MR) is 118 cm³/mol. The molecule has 4 aromatic rings. The highest BCUT2D eigenvalue weighted by molar-refractivity contribution is 6.31. The van der Waals surface area contributed by atoms with Crippen LogP contribution in [0.3, 0.4) is 0 Å². The number of amides is 1. The minimum atomic E-state index is -0.344. The molecule has 0 spiro atoms. The van der Waals surface area contributed by atoms with Crippen LogP contribution in [0.15, 0.2) is 84.1 Å². The first kappa shape index (κ1) is 19.5. The minimum Gasteiger partial charge on any atom is -0.355 e. The second-order valence-electron chi connectivity index (χ2n) is 6.47. The van der Waals surface area contributed by atoms with Crippen LogP contribution in [0.4, 0.5) is 15.8 Å². The maximum absolute atomic E-state index is 12.9. The quantitative estimate of drug-likeness (QED) is 0.330. The zero-order chi connectivity index (χ0) is 20.9. The maximum Gasteiger partial charge on any atom is 0.271 e. The molecular formula is C23H16ClFN4O. The second-order valence-corrected chi connectivity index (χ2v) is 6.91. The van der Waals surface area contributed by atoms with E-state index in [-0.39, 0.29) is 11.7 Å². The predicted octanol–water partition coefficient (Wildman–Crippen LogP) is 5.53. The number of aromatic nitrogens is 1. The lowest BCUT2D eigenvalue weighted by molar-refractivity contribution is 0.0955. The fraction of sp³-hybridized carbons (Fsp3) is 0. The molecule has 4 rings (SSSR count). The van der Waals surface area contributed by atoms with E-state index in [0.717, 1.165) is 22.3 Å². The van der Waals surface area contributed by atoms with Crippen LogP contribution < -0.4 is 10.7 Å². The summed E-state index contributed by atoms with van der Waals surface area (Å²) in [4.78, 5) is 16.6. The smallest absolute Gasteiger partial charge is 0.271 e. The molecule has 0 saturated carbocycles. The van der Waals surface area contributed by atoms with E-state index >= 15 is 0 Å². The summed E-state index contributed by atoms with van der Waals surface area (Å²) in [6.45, 7) is 0. The number of fused-ring (bicyclic) bond motifs is 1. The highest BCUT2D eigenvalue weighted by atomic mass is 35.5. The van der Waals surface area contributed by atoms with Crippen molar-refractivity contribution in [3.63, 3.8) is 0 Å². The normalized spacial score (nSPS) is 11.0. The molecule has 0 aliphatic carbocycles. The number of rotatable bonds is 5. The summed E-state index contributed by atoms with van der Waals surface area (Å²) >= 11 is 6.03. The monoisotopic (exact) mass is 418 g/mol. The number of pyridine rings is 1. The molecule has 0 unspecified atom stereocenters. The van der Waals surface area contributed by atoms with Gasteiger partial charge in [-0.05, 0) is 66.2 Å². The summed E-state index contributed by atoms with van der Waals surface area (Å²) in [6.07, 6.45) is 3.16. The molecule has 7 heteroatoms. The van der Waals surface area contributed by atoms with Gasteiger partial charge in [-0.2, -0.15) is 5.10 Å². The number of nitrogens with zero attached hydrogens (tertiary/aromatic N) is 2. The van der Waals surface area contributed by atoms with Gasteiger partial charge >= 0.3 is 0 Å². The van der Waals surface area contributed by atoms with Crippen molar-refractivity contribution in [3.8, 4) is 0 Å². The third kappa shape index (κ3) is 4.61. The fourth-order valence-corrected chi connectivity index (χ4v) is 3.04. The van der Waals surface area contributed by atoms with Gasteiger partial charge in [0.2, 0.25) is 0 Å². The average Bonchev–Trinajstić information content (AvgIpc) is 2.75. The van der Waals surface area contributed by atoms with Gasteiger partial charge in [-0.15, -0.1) is 0 Å². The largest absolute Gasteiger partial charge is 0.355 e. The molecule has 30 heavy (non-hydrogen) atoms. The van der Waals surface area contributed by atoms with Crippen LogP contribution >= 0.6 is 11.6 Å². The molecule has 1 amide bonds. The summed E-state index contributed by atoms with van der Waals surface area (Å²) < 4.78 is 12.9. The molecule has 5 nitrogen and oxygen atoms in total. The van der Waals surface area contributed by atoms with Crippen molar-refractivity contribution < 1.29 is 9.18 Å². The fourth-order valence-electron chi connectivity index (χ4n) is 2.87. The number of benzene rings is 3. The number of anilines is 2. The molecule has 0 saturated heterocycles. The van der Waals surface area contributed by atoms with Crippen molar-refractivity contribution in [2.75, 3.05) is 5.32 Å². The van der Waals surface area contributed by atoms with Crippen molar-refractivity contribution in [1.29, 1.82) is 0 Å². The van der Waals surface area contributed by atoms with Gasteiger partial charge in [0, 0.05) is 33.5 Å². The highest BCUT2D eigenvalue weighted by Gasteiger charge is 2.06. The van der Waals surface area contributed by atoms with Crippen LogP contribution in [-0.2, 0) is 0 Å². The Labute approximate surface area is 177 Å². The number of carbonyl (C=O) groups is 1. The van der Waals surface area contributed by atoms with Gasteiger partial charge in [0.1, 0.15) is 5.82 Å². The molecule has 1 heterocycles. The highest BCUT2D eigenvalue weighted by Crippen LogP contribution is 2.27. The Bertz CT molecular complexity index is 1220. The Hall–Kier alpha value is -3.77. The third-order valence-electron chi connectivity index (χ3n) is 4.38. The number of carbonyl (C=O) groups excluding carboxylic acids is 1. The summed E-state index contributed by atoms with van der Waals surface area (Å²) in [7, 11) is 0. The van der Waals surface area contributed by atoms with Crippen LogP contribution in [-0.4, -0.2) is 17.1 Å². The summed E-state index contributed by atoms with van der Waals surface area (Å²) in [5, 5.41) is 8.80. The lowest BCUT2D eigenvalue weighted by atomic mass is 10.1. The zero-order valence-electron chi connectivity index (χ0n) is 15.6. The van der Waals surface area contributed by atoms with Crippen LogP contribution in [0.25, 0.3) is 10.9 Å². The Morgan fingerprint density at radius 1 is 1.00 bits per heavy atom. The van der Waals surface area contributed by atoms with Gasteiger partial charge in [0.15, 0.2) is 0 Å². The maximum atomic E-state index is 12.9. The van der Waals surface area contributed by atoms with Crippen LogP contribution in [0.2, 0.25) is 5.02 Å². The van der Waals surface area contributed by atoms with Crippen molar-refractivity contribution in [2.24, 2.45) is 5.10 Å². The standard InChI is InChI=1S/C23H16ClFN4O/c24-17-5-10-20-21(11-12-26-22(20)13-17)28-19-8-3-16(4-9-19)23(30)29-27-14-15-1-6-18(25)7-2-15/h1-14H,(H,26,28)(H,29,30)/b27-14+. The van der Waals surface area contributed by atoms with E-state index in [2.05, 4.69) is 20.8 Å². The molecule has 0 fully saturated rings. The van der Waals surface area contributed by atoms with Gasteiger partial charge in [-0.3, -0.25) is 9.78 Å². The number of hydrogen-bond donors (Lipinski definition) is 2. The van der Waals surface area contributed by atoms with E-state index in [0.29, 0.717) is 16.1 Å². The van der Waals surface area contributed by atoms with E-state index in [4.69, 9.17) is 11.6 Å². The average molecular weight is 419 g/mol. The van der Waals surface area contributed by atoms with E-state index in [1.807, 2.05) is 24.3 Å².